The molecule has 162 valence electrons. The molecule has 0 bridgehead atoms. The van der Waals surface area contributed by atoms with Crippen LogP contribution in [0.15, 0.2) is 71.3 Å². The molecule has 3 aromatic rings. The first-order chi connectivity index (χ1) is 15.2. The molecule has 31 heavy (non-hydrogen) atoms. The van der Waals surface area contributed by atoms with Gasteiger partial charge in [0.05, 0.1) is 7.11 Å². The fraction of sp³-hybridized carbons (Fsp3) is 0.333. The molecule has 1 saturated heterocycles. The van der Waals surface area contributed by atoms with Crippen LogP contribution in [0.1, 0.15) is 43.1 Å². The van der Waals surface area contributed by atoms with Gasteiger partial charge < -0.3 is 13.6 Å². The van der Waals surface area contributed by atoms with Gasteiger partial charge in [0.15, 0.2) is 5.69 Å². The van der Waals surface area contributed by atoms with Crippen molar-refractivity contribution in [2.24, 2.45) is 0 Å². The van der Waals surface area contributed by atoms with Crippen LogP contribution in [-0.4, -0.2) is 39.4 Å². The van der Waals surface area contributed by atoms with E-state index in [9.17, 15) is 4.79 Å². The van der Waals surface area contributed by atoms with Gasteiger partial charge in [-0.3, -0.25) is 4.90 Å². The first kappa shape index (κ1) is 21.3. The molecule has 1 aliphatic rings. The smallest absolute Gasteiger partial charge is 0.360 e. The lowest BCUT2D eigenvalue weighted by molar-refractivity contribution is -0.00370. The largest absolute Gasteiger partial charge is 0.464 e. The van der Waals surface area contributed by atoms with Crippen LogP contribution in [0.2, 0.25) is 0 Å². The highest BCUT2D eigenvalue weighted by atomic mass is 28.3. The second-order valence-corrected chi connectivity index (χ2v) is 10.1. The van der Waals surface area contributed by atoms with Crippen LogP contribution >= 0.6 is 0 Å². The highest BCUT2D eigenvalue weighted by molar-refractivity contribution is 6.80. The molecule has 1 unspecified atom stereocenters. The van der Waals surface area contributed by atoms with Gasteiger partial charge >= 0.3 is 5.97 Å². The Morgan fingerprint density at radius 1 is 1.13 bits per heavy atom. The van der Waals surface area contributed by atoms with E-state index in [2.05, 4.69) is 65.3 Å². The maximum atomic E-state index is 11.8. The summed E-state index contributed by atoms with van der Waals surface area (Å²) < 4.78 is 17.5. The molecule has 2 aromatic carbocycles. The molecule has 6 nitrogen and oxygen atoms in total. The monoisotopic (exact) mass is 436 g/mol. The zero-order chi connectivity index (χ0) is 21.7. The molecule has 0 radical (unpaired) electrons. The third kappa shape index (κ3) is 4.43. The summed E-state index contributed by atoms with van der Waals surface area (Å²) in [5, 5.41) is 2.47. The predicted octanol–water partition coefficient (Wildman–Crippen LogP) is 3.11. The van der Waals surface area contributed by atoms with Gasteiger partial charge in [0.2, 0.25) is 9.04 Å². The molecule has 1 atom stereocenters. The van der Waals surface area contributed by atoms with Crippen molar-refractivity contribution in [3.8, 4) is 0 Å². The fourth-order valence-electron chi connectivity index (χ4n) is 4.03. The number of carbonyl (C=O) groups excluding carboxylic acids is 1. The molecule has 0 saturated carbocycles. The molecule has 1 aliphatic heterocycles. The third-order valence-corrected chi connectivity index (χ3v) is 8.45. The van der Waals surface area contributed by atoms with E-state index in [-0.39, 0.29) is 5.69 Å². The van der Waals surface area contributed by atoms with Gasteiger partial charge in [-0.25, -0.2) is 4.79 Å². The van der Waals surface area contributed by atoms with Crippen molar-refractivity contribution in [2.45, 2.75) is 38.3 Å². The minimum atomic E-state index is -1.97. The molecule has 4 rings (SSSR count). The molecule has 0 spiro atoms. The molecular formula is C24H28N2O4Si. The number of aromatic nitrogens is 1. The van der Waals surface area contributed by atoms with E-state index in [1.54, 1.807) is 0 Å². The molecule has 0 aliphatic carbocycles. The SMILES string of the molecule is CCCCC1(O[SiH](c2ccccc2)c2ccccc2)CCN1c1nc(C(=O)OC)co1. The van der Waals surface area contributed by atoms with Crippen LogP contribution < -0.4 is 15.3 Å². The highest BCUT2D eigenvalue weighted by Gasteiger charge is 2.49. The molecule has 0 amide bonds. The van der Waals surface area contributed by atoms with E-state index < -0.39 is 20.7 Å². The van der Waals surface area contributed by atoms with Crippen LogP contribution in [0.3, 0.4) is 0 Å². The van der Waals surface area contributed by atoms with Crippen LogP contribution in [0.5, 0.6) is 0 Å². The molecule has 0 N–H and O–H groups in total. The Balaban J connectivity index is 1.67. The summed E-state index contributed by atoms with van der Waals surface area (Å²) in [4.78, 5) is 18.3. The van der Waals surface area contributed by atoms with Gasteiger partial charge in [-0.15, -0.1) is 0 Å². The predicted molar refractivity (Wildman–Crippen MR) is 122 cm³/mol. The summed E-state index contributed by atoms with van der Waals surface area (Å²) in [5.41, 5.74) is -0.315. The summed E-state index contributed by atoms with van der Waals surface area (Å²) in [5.74, 6) is -0.503. The number of benzene rings is 2. The van der Waals surface area contributed by atoms with Crippen molar-refractivity contribution in [1.29, 1.82) is 0 Å². The van der Waals surface area contributed by atoms with Crippen LogP contribution in [0, 0.1) is 0 Å². The van der Waals surface area contributed by atoms with Crippen molar-refractivity contribution in [2.75, 3.05) is 18.6 Å². The van der Waals surface area contributed by atoms with E-state index in [0.29, 0.717) is 6.01 Å². The zero-order valence-corrected chi connectivity index (χ0v) is 19.1. The summed E-state index contributed by atoms with van der Waals surface area (Å²) in [7, 11) is -0.630. The molecule has 1 fully saturated rings. The number of ether oxygens (including phenoxy) is 1. The number of esters is 1. The van der Waals surface area contributed by atoms with Crippen molar-refractivity contribution in [3.05, 3.63) is 72.6 Å². The number of carbonyl (C=O) groups is 1. The summed E-state index contributed by atoms with van der Waals surface area (Å²) in [6.07, 6.45) is 5.23. The van der Waals surface area contributed by atoms with Crippen molar-refractivity contribution in [1.82, 2.24) is 4.98 Å². The van der Waals surface area contributed by atoms with Gasteiger partial charge in [-0.1, -0.05) is 74.0 Å². The van der Waals surface area contributed by atoms with Crippen molar-refractivity contribution < 1.29 is 18.4 Å². The van der Waals surface area contributed by atoms with Gasteiger partial charge in [0.1, 0.15) is 12.0 Å². The standard InChI is InChI=1S/C24H28N2O4Si/c1-3-4-15-24(16-17-26(24)23-25-21(18-29-23)22(27)28-2)30-31(19-11-7-5-8-12-19)20-13-9-6-10-14-20/h5-14,18,31H,3-4,15-17H2,1-2H3. The van der Waals surface area contributed by atoms with Crippen LogP contribution in [-0.2, 0) is 9.16 Å². The Bertz CT molecular complexity index is 956. The number of hydrogen-bond donors (Lipinski definition) is 0. The number of oxazole rings is 1. The Morgan fingerprint density at radius 2 is 1.77 bits per heavy atom. The van der Waals surface area contributed by atoms with Gasteiger partial charge in [0, 0.05) is 13.0 Å². The maximum absolute atomic E-state index is 11.8. The van der Waals surface area contributed by atoms with Crippen LogP contribution in [0.4, 0.5) is 6.01 Å². The number of hydrogen-bond acceptors (Lipinski definition) is 6. The van der Waals surface area contributed by atoms with E-state index in [1.807, 2.05) is 12.1 Å². The number of rotatable bonds is 9. The Labute approximate surface area is 184 Å². The number of methoxy groups -OCH3 is 1. The zero-order valence-electron chi connectivity index (χ0n) is 18.0. The minimum absolute atomic E-state index is 0.175. The molecular weight excluding hydrogens is 408 g/mol. The Morgan fingerprint density at radius 3 is 2.29 bits per heavy atom. The van der Waals surface area contributed by atoms with E-state index >= 15 is 0 Å². The maximum Gasteiger partial charge on any atom is 0.360 e. The second kappa shape index (κ2) is 9.49. The summed E-state index contributed by atoms with van der Waals surface area (Å²) in [6.45, 7) is 2.95. The molecule has 7 heteroatoms. The fourth-order valence-corrected chi connectivity index (χ4v) is 6.63. The average molecular weight is 437 g/mol. The minimum Gasteiger partial charge on any atom is -0.464 e. The average Bonchev–Trinajstić information content (AvgIpc) is 3.28. The Hall–Kier alpha value is -2.90. The second-order valence-electron chi connectivity index (χ2n) is 7.78. The van der Waals surface area contributed by atoms with Crippen molar-refractivity contribution >= 4 is 31.4 Å². The van der Waals surface area contributed by atoms with Gasteiger partial charge in [-0.2, -0.15) is 4.98 Å². The van der Waals surface area contributed by atoms with Gasteiger partial charge in [-0.05, 0) is 23.2 Å². The lowest BCUT2D eigenvalue weighted by atomic mass is 9.93. The van der Waals surface area contributed by atoms with E-state index in [0.717, 1.165) is 32.2 Å². The number of nitrogens with zero attached hydrogens (tertiary/aromatic N) is 2. The topological polar surface area (TPSA) is 64.8 Å². The quantitative estimate of drug-likeness (QED) is 0.379. The molecule has 1 aromatic heterocycles. The Kier molecular flexibility index (Phi) is 6.53. The van der Waals surface area contributed by atoms with Gasteiger partial charge in [0.25, 0.3) is 6.01 Å². The van der Waals surface area contributed by atoms with Crippen molar-refractivity contribution in [3.63, 3.8) is 0 Å². The first-order valence-corrected chi connectivity index (χ1v) is 12.4. The van der Waals surface area contributed by atoms with E-state index in [4.69, 9.17) is 13.6 Å². The normalized spacial score (nSPS) is 18.1. The summed E-state index contributed by atoms with van der Waals surface area (Å²) >= 11 is 0. The van der Waals surface area contributed by atoms with Crippen LogP contribution in [0.25, 0.3) is 0 Å². The summed E-state index contributed by atoms with van der Waals surface area (Å²) in [6, 6.07) is 21.4. The molecule has 2 heterocycles. The number of unbranched alkanes of at least 4 members (excludes halogenated alkanes) is 1. The third-order valence-electron chi connectivity index (χ3n) is 5.80. The first-order valence-electron chi connectivity index (χ1n) is 10.8. The highest BCUT2D eigenvalue weighted by Crippen LogP contribution is 2.40. The lowest BCUT2D eigenvalue weighted by Crippen LogP contribution is -2.66. The lowest BCUT2D eigenvalue weighted by Gasteiger charge is -2.53. The number of anilines is 1. The van der Waals surface area contributed by atoms with E-state index in [1.165, 1.54) is 23.7 Å².